The van der Waals surface area contributed by atoms with Crippen LogP contribution in [-0.2, 0) is 6.54 Å². The number of piperazine rings is 1. The fourth-order valence-corrected chi connectivity index (χ4v) is 3.95. The van der Waals surface area contributed by atoms with Crippen LogP contribution in [-0.4, -0.2) is 41.3 Å². The molecule has 0 saturated carbocycles. The van der Waals surface area contributed by atoms with Gasteiger partial charge in [-0.3, -0.25) is 4.90 Å². The molecule has 1 fully saturated rings. The Morgan fingerprint density at radius 2 is 1.58 bits per heavy atom. The highest BCUT2D eigenvalue weighted by atomic mass is 79.9. The molecule has 2 N–H and O–H groups in total. The second-order valence-corrected chi connectivity index (χ2v) is 7.62. The summed E-state index contributed by atoms with van der Waals surface area (Å²) >= 11 is 3.51. The molecular formula is C21H21BrN2O2. The second kappa shape index (κ2) is 7.17. The van der Waals surface area contributed by atoms with Crippen LogP contribution in [0.5, 0.6) is 11.5 Å². The van der Waals surface area contributed by atoms with Crippen LogP contribution in [0, 0.1) is 0 Å². The van der Waals surface area contributed by atoms with Crippen molar-refractivity contribution < 1.29 is 10.2 Å². The highest BCUT2D eigenvalue weighted by Gasteiger charge is 2.19. The quantitative estimate of drug-likeness (QED) is 0.671. The molecule has 0 bridgehead atoms. The lowest BCUT2D eigenvalue weighted by Gasteiger charge is -2.36. The van der Waals surface area contributed by atoms with Crippen LogP contribution < -0.4 is 4.90 Å². The number of hydrogen-bond donors (Lipinski definition) is 2. The van der Waals surface area contributed by atoms with Gasteiger partial charge in [0.25, 0.3) is 0 Å². The summed E-state index contributed by atoms with van der Waals surface area (Å²) in [5, 5.41) is 22.1. The summed E-state index contributed by atoms with van der Waals surface area (Å²) < 4.78 is 1.05. The third-order valence-electron chi connectivity index (χ3n) is 5.04. The van der Waals surface area contributed by atoms with Gasteiger partial charge < -0.3 is 15.1 Å². The maximum atomic E-state index is 10.4. The van der Waals surface area contributed by atoms with Crippen LogP contribution in [0.15, 0.2) is 59.1 Å². The minimum absolute atomic E-state index is 0.297. The van der Waals surface area contributed by atoms with E-state index in [1.54, 1.807) is 18.2 Å². The number of hydrogen-bond acceptors (Lipinski definition) is 4. The number of fused-ring (bicyclic) bond motifs is 1. The number of nitrogens with zero attached hydrogens (tertiary/aromatic N) is 2. The van der Waals surface area contributed by atoms with Crippen LogP contribution in [0.4, 0.5) is 5.69 Å². The zero-order chi connectivity index (χ0) is 18.1. The third kappa shape index (κ3) is 3.50. The number of benzene rings is 3. The van der Waals surface area contributed by atoms with E-state index in [-0.39, 0.29) is 0 Å². The van der Waals surface area contributed by atoms with E-state index >= 15 is 0 Å². The average molecular weight is 413 g/mol. The van der Waals surface area contributed by atoms with Gasteiger partial charge in [0.2, 0.25) is 0 Å². The Kier molecular flexibility index (Phi) is 4.74. The summed E-state index contributed by atoms with van der Waals surface area (Å²) in [6.45, 7) is 4.48. The van der Waals surface area contributed by atoms with Crippen molar-refractivity contribution in [1.82, 2.24) is 4.90 Å². The topological polar surface area (TPSA) is 46.9 Å². The normalized spacial score (nSPS) is 15.5. The average Bonchev–Trinajstić information content (AvgIpc) is 2.65. The molecule has 3 aromatic carbocycles. The van der Waals surface area contributed by atoms with Crippen LogP contribution in [0.3, 0.4) is 0 Å². The fraction of sp³-hybridized carbons (Fsp3) is 0.238. The van der Waals surface area contributed by atoms with E-state index in [9.17, 15) is 10.2 Å². The Hall–Kier alpha value is -2.24. The first-order valence-electron chi connectivity index (χ1n) is 8.76. The molecule has 4 nitrogen and oxygen atoms in total. The van der Waals surface area contributed by atoms with Crippen molar-refractivity contribution in [3.63, 3.8) is 0 Å². The molecule has 4 rings (SSSR count). The molecule has 134 valence electrons. The Morgan fingerprint density at radius 3 is 2.31 bits per heavy atom. The van der Waals surface area contributed by atoms with E-state index in [0.29, 0.717) is 11.5 Å². The van der Waals surface area contributed by atoms with E-state index in [2.05, 4.69) is 37.9 Å². The number of phenols is 2. The number of phenolic OH excluding ortho intramolecular Hbond substituents is 2. The van der Waals surface area contributed by atoms with Crippen molar-refractivity contribution in [3.8, 4) is 11.5 Å². The zero-order valence-electron chi connectivity index (χ0n) is 14.4. The largest absolute Gasteiger partial charge is 0.508 e. The molecule has 3 aromatic rings. The van der Waals surface area contributed by atoms with E-state index < -0.39 is 0 Å². The lowest BCUT2D eigenvalue weighted by Crippen LogP contribution is -2.45. The standard InChI is InChI=1S/C21H21BrN2O2/c22-16-2-7-19-15(13-16)1-8-21(26)20(19)14-23-9-11-24(12-10-23)17-3-5-18(25)6-4-17/h1-8,13,25-26H,9-12,14H2. The number of rotatable bonds is 3. The van der Waals surface area contributed by atoms with Gasteiger partial charge in [0.05, 0.1) is 0 Å². The second-order valence-electron chi connectivity index (χ2n) is 6.71. The molecule has 0 spiro atoms. The molecule has 1 heterocycles. The Morgan fingerprint density at radius 1 is 0.846 bits per heavy atom. The van der Waals surface area contributed by atoms with Gasteiger partial charge in [0, 0.05) is 48.4 Å². The number of aromatic hydroxyl groups is 2. The molecule has 0 atom stereocenters. The third-order valence-corrected chi connectivity index (χ3v) is 5.53. The highest BCUT2D eigenvalue weighted by Crippen LogP contribution is 2.31. The van der Waals surface area contributed by atoms with E-state index in [0.717, 1.165) is 59.2 Å². The molecule has 1 saturated heterocycles. The summed E-state index contributed by atoms with van der Waals surface area (Å²) in [4.78, 5) is 4.71. The summed E-state index contributed by atoms with van der Waals surface area (Å²) in [5.74, 6) is 0.659. The molecule has 0 radical (unpaired) electrons. The van der Waals surface area contributed by atoms with E-state index in [1.165, 1.54) is 0 Å². The predicted molar refractivity (Wildman–Crippen MR) is 109 cm³/mol. The smallest absolute Gasteiger partial charge is 0.120 e. The Balaban J connectivity index is 1.48. The summed E-state index contributed by atoms with van der Waals surface area (Å²) in [6, 6.07) is 17.3. The molecule has 0 aromatic heterocycles. The monoisotopic (exact) mass is 412 g/mol. The first-order valence-corrected chi connectivity index (χ1v) is 9.56. The minimum Gasteiger partial charge on any atom is -0.508 e. The van der Waals surface area contributed by atoms with Gasteiger partial charge in [-0.25, -0.2) is 0 Å². The van der Waals surface area contributed by atoms with Crippen molar-refractivity contribution in [3.05, 3.63) is 64.6 Å². The number of halogens is 1. The molecule has 26 heavy (non-hydrogen) atoms. The predicted octanol–water partition coefficient (Wildman–Crippen LogP) is 4.34. The first kappa shape index (κ1) is 17.2. The van der Waals surface area contributed by atoms with Crippen LogP contribution in [0.25, 0.3) is 10.8 Å². The van der Waals surface area contributed by atoms with Gasteiger partial charge in [-0.05, 0) is 53.2 Å². The summed E-state index contributed by atoms with van der Waals surface area (Å²) in [6.07, 6.45) is 0. The van der Waals surface area contributed by atoms with Gasteiger partial charge in [-0.15, -0.1) is 0 Å². The van der Waals surface area contributed by atoms with Gasteiger partial charge in [0.15, 0.2) is 0 Å². The zero-order valence-corrected chi connectivity index (χ0v) is 16.0. The van der Waals surface area contributed by atoms with Crippen LogP contribution >= 0.6 is 15.9 Å². The maximum Gasteiger partial charge on any atom is 0.120 e. The molecule has 5 heteroatoms. The lowest BCUT2D eigenvalue weighted by molar-refractivity contribution is 0.247. The molecular weight excluding hydrogens is 392 g/mol. The highest BCUT2D eigenvalue weighted by molar-refractivity contribution is 9.10. The van der Waals surface area contributed by atoms with Gasteiger partial charge in [-0.1, -0.05) is 28.1 Å². The Labute approximate surface area is 161 Å². The Bertz CT molecular complexity index is 919. The molecule has 1 aliphatic heterocycles. The van der Waals surface area contributed by atoms with E-state index in [4.69, 9.17) is 0 Å². The molecule has 0 unspecified atom stereocenters. The van der Waals surface area contributed by atoms with E-state index in [1.807, 2.05) is 24.3 Å². The fourth-order valence-electron chi connectivity index (χ4n) is 3.57. The van der Waals surface area contributed by atoms with Gasteiger partial charge in [-0.2, -0.15) is 0 Å². The minimum atomic E-state index is 0.297. The summed E-state index contributed by atoms with van der Waals surface area (Å²) in [7, 11) is 0. The van der Waals surface area contributed by atoms with Gasteiger partial charge in [0.1, 0.15) is 11.5 Å². The maximum absolute atomic E-state index is 10.4. The van der Waals surface area contributed by atoms with Crippen molar-refractivity contribution in [2.75, 3.05) is 31.1 Å². The summed E-state index contributed by atoms with van der Waals surface area (Å²) in [5.41, 5.74) is 2.13. The first-order chi connectivity index (χ1) is 12.6. The molecule has 1 aliphatic rings. The van der Waals surface area contributed by atoms with Crippen LogP contribution in [0.2, 0.25) is 0 Å². The number of anilines is 1. The van der Waals surface area contributed by atoms with Crippen molar-refractivity contribution in [2.45, 2.75) is 6.54 Å². The lowest BCUT2D eigenvalue weighted by atomic mass is 10.0. The van der Waals surface area contributed by atoms with Crippen molar-refractivity contribution in [1.29, 1.82) is 0 Å². The van der Waals surface area contributed by atoms with Crippen molar-refractivity contribution in [2.24, 2.45) is 0 Å². The van der Waals surface area contributed by atoms with Gasteiger partial charge >= 0.3 is 0 Å². The SMILES string of the molecule is Oc1ccc(N2CCN(Cc3c(O)ccc4cc(Br)ccc34)CC2)cc1. The molecule has 0 amide bonds. The van der Waals surface area contributed by atoms with Crippen molar-refractivity contribution >= 4 is 32.4 Å². The molecule has 0 aliphatic carbocycles. The van der Waals surface area contributed by atoms with Crippen LogP contribution in [0.1, 0.15) is 5.56 Å².